The Morgan fingerprint density at radius 2 is 1.81 bits per heavy atom. The molecule has 1 atom stereocenters. The van der Waals surface area contributed by atoms with Gasteiger partial charge in [-0.3, -0.25) is 9.69 Å². The number of ether oxygens (including phenoxy) is 1. The molecule has 2 aliphatic rings. The second kappa shape index (κ2) is 8.47. The average Bonchev–Trinajstić information content (AvgIpc) is 2.69. The van der Waals surface area contributed by atoms with Crippen molar-refractivity contribution in [1.29, 1.82) is 0 Å². The molecule has 3 rings (SSSR count). The fourth-order valence-electron chi connectivity index (χ4n) is 3.39. The van der Waals surface area contributed by atoms with Crippen molar-refractivity contribution in [1.82, 2.24) is 9.21 Å². The molecule has 0 bridgehead atoms. The maximum atomic E-state index is 12.8. The minimum absolute atomic E-state index is 0.104. The number of hydrogen-bond acceptors (Lipinski definition) is 5. The van der Waals surface area contributed by atoms with Gasteiger partial charge in [-0.2, -0.15) is 4.31 Å². The Balaban J connectivity index is 1.69. The van der Waals surface area contributed by atoms with Crippen molar-refractivity contribution in [2.75, 3.05) is 44.7 Å². The number of benzene rings is 1. The number of nitrogens with one attached hydrogen (secondary N) is 1. The highest BCUT2D eigenvalue weighted by atomic mass is 32.2. The van der Waals surface area contributed by atoms with Crippen LogP contribution in [0.25, 0.3) is 0 Å². The molecule has 0 spiro atoms. The highest BCUT2D eigenvalue weighted by Gasteiger charge is 2.27. The molecule has 7 nitrogen and oxygen atoms in total. The average molecular weight is 381 g/mol. The molecule has 2 aliphatic heterocycles. The third-order valence-electron chi connectivity index (χ3n) is 5.03. The van der Waals surface area contributed by atoms with Crippen LogP contribution in [-0.4, -0.2) is 69.0 Å². The molecule has 0 saturated carbocycles. The molecule has 2 fully saturated rings. The van der Waals surface area contributed by atoms with E-state index in [-0.39, 0.29) is 16.8 Å². The van der Waals surface area contributed by atoms with Gasteiger partial charge in [-0.25, -0.2) is 8.42 Å². The maximum absolute atomic E-state index is 12.8. The van der Waals surface area contributed by atoms with E-state index in [4.69, 9.17) is 4.74 Å². The number of amides is 1. The molecule has 144 valence electrons. The predicted octanol–water partition coefficient (Wildman–Crippen LogP) is 1.52. The number of hydrogen-bond donors (Lipinski definition) is 1. The van der Waals surface area contributed by atoms with Gasteiger partial charge >= 0.3 is 0 Å². The lowest BCUT2D eigenvalue weighted by atomic mass is 10.1. The van der Waals surface area contributed by atoms with Crippen LogP contribution in [-0.2, 0) is 19.6 Å². The standard InChI is InChI=1S/C18H27N3O4S/c1-15(20-8-3-2-4-9-20)18(22)19-16-6-5-7-17(14-16)26(23,24)21-10-12-25-13-11-21/h5-7,14-15H,2-4,8-13H2,1H3,(H,19,22)/t15-/m1/s1. The van der Waals surface area contributed by atoms with Crippen LogP contribution in [0.1, 0.15) is 26.2 Å². The summed E-state index contributed by atoms with van der Waals surface area (Å²) in [7, 11) is -3.57. The lowest BCUT2D eigenvalue weighted by molar-refractivity contribution is -0.121. The fourth-order valence-corrected chi connectivity index (χ4v) is 4.84. The molecule has 1 amide bonds. The Labute approximate surface area is 155 Å². The summed E-state index contributed by atoms with van der Waals surface area (Å²) in [4.78, 5) is 14.9. The summed E-state index contributed by atoms with van der Waals surface area (Å²) in [5.74, 6) is -0.104. The van der Waals surface area contributed by atoms with Gasteiger partial charge in [0.05, 0.1) is 24.2 Å². The van der Waals surface area contributed by atoms with Gasteiger partial charge in [-0.15, -0.1) is 0 Å². The smallest absolute Gasteiger partial charge is 0.243 e. The molecular weight excluding hydrogens is 354 g/mol. The number of anilines is 1. The van der Waals surface area contributed by atoms with E-state index >= 15 is 0 Å². The van der Waals surface area contributed by atoms with Crippen LogP contribution >= 0.6 is 0 Å². The van der Waals surface area contributed by atoms with Gasteiger partial charge in [0.2, 0.25) is 15.9 Å². The van der Waals surface area contributed by atoms with E-state index < -0.39 is 10.0 Å². The second-order valence-electron chi connectivity index (χ2n) is 6.81. The Bertz CT molecular complexity index is 726. The summed E-state index contributed by atoms with van der Waals surface area (Å²) in [6.07, 6.45) is 3.45. The summed E-state index contributed by atoms with van der Waals surface area (Å²) >= 11 is 0. The van der Waals surface area contributed by atoms with E-state index in [1.54, 1.807) is 18.2 Å². The molecule has 1 aromatic rings. The molecule has 1 aromatic carbocycles. The number of likely N-dealkylation sites (tertiary alicyclic amines) is 1. The summed E-state index contributed by atoms with van der Waals surface area (Å²) in [6, 6.07) is 6.25. The van der Waals surface area contributed by atoms with E-state index in [1.165, 1.54) is 16.8 Å². The molecule has 0 unspecified atom stereocenters. The van der Waals surface area contributed by atoms with Crippen LogP contribution in [0.4, 0.5) is 5.69 Å². The van der Waals surface area contributed by atoms with Crippen LogP contribution in [0.5, 0.6) is 0 Å². The Morgan fingerprint density at radius 1 is 1.12 bits per heavy atom. The molecule has 26 heavy (non-hydrogen) atoms. The van der Waals surface area contributed by atoms with Crippen molar-refractivity contribution in [3.8, 4) is 0 Å². The first-order valence-corrected chi connectivity index (χ1v) is 10.7. The first-order chi connectivity index (χ1) is 12.5. The number of nitrogens with zero attached hydrogens (tertiary/aromatic N) is 2. The van der Waals surface area contributed by atoms with Crippen molar-refractivity contribution < 1.29 is 17.9 Å². The molecule has 1 N–H and O–H groups in total. The van der Waals surface area contributed by atoms with Crippen molar-refractivity contribution >= 4 is 21.6 Å². The van der Waals surface area contributed by atoms with Crippen molar-refractivity contribution in [3.05, 3.63) is 24.3 Å². The second-order valence-corrected chi connectivity index (χ2v) is 8.74. The van der Waals surface area contributed by atoms with Gasteiger partial charge in [-0.1, -0.05) is 12.5 Å². The van der Waals surface area contributed by atoms with E-state index in [2.05, 4.69) is 10.2 Å². The normalized spacial score (nSPS) is 21.3. The van der Waals surface area contributed by atoms with Crippen LogP contribution in [0.15, 0.2) is 29.2 Å². The number of carbonyl (C=O) groups is 1. The van der Waals surface area contributed by atoms with Crippen molar-refractivity contribution in [2.24, 2.45) is 0 Å². The van der Waals surface area contributed by atoms with Gasteiger partial charge in [0.15, 0.2) is 0 Å². The highest BCUT2D eigenvalue weighted by Crippen LogP contribution is 2.21. The minimum Gasteiger partial charge on any atom is -0.379 e. The highest BCUT2D eigenvalue weighted by molar-refractivity contribution is 7.89. The lowest BCUT2D eigenvalue weighted by Crippen LogP contribution is -2.44. The van der Waals surface area contributed by atoms with Gasteiger partial charge in [0, 0.05) is 18.8 Å². The summed E-state index contributed by atoms with van der Waals surface area (Å²) < 4.78 is 32.2. The zero-order valence-corrected chi connectivity index (χ0v) is 16.0. The zero-order valence-electron chi connectivity index (χ0n) is 15.2. The van der Waals surface area contributed by atoms with E-state index in [0.717, 1.165) is 25.9 Å². The molecule has 2 saturated heterocycles. The Hall–Kier alpha value is -1.48. The quantitative estimate of drug-likeness (QED) is 0.837. The number of morpholine rings is 1. The molecular formula is C18H27N3O4S. The van der Waals surface area contributed by atoms with Gasteiger partial charge in [0.25, 0.3) is 0 Å². The predicted molar refractivity (Wildman–Crippen MR) is 99.5 cm³/mol. The molecule has 0 radical (unpaired) electrons. The van der Waals surface area contributed by atoms with Gasteiger partial charge in [0.1, 0.15) is 0 Å². The molecule has 2 heterocycles. The Kier molecular flexibility index (Phi) is 6.29. The van der Waals surface area contributed by atoms with E-state index in [0.29, 0.717) is 32.0 Å². The summed E-state index contributed by atoms with van der Waals surface area (Å²) in [5, 5.41) is 2.87. The van der Waals surface area contributed by atoms with Crippen LogP contribution in [0.2, 0.25) is 0 Å². The summed E-state index contributed by atoms with van der Waals surface area (Å²) in [6.45, 7) is 5.27. The third kappa shape index (κ3) is 4.43. The zero-order chi connectivity index (χ0) is 18.6. The number of sulfonamides is 1. The summed E-state index contributed by atoms with van der Waals surface area (Å²) in [5.41, 5.74) is 0.508. The first kappa shape index (κ1) is 19.3. The van der Waals surface area contributed by atoms with Crippen molar-refractivity contribution in [2.45, 2.75) is 37.1 Å². The van der Waals surface area contributed by atoms with Crippen LogP contribution in [0.3, 0.4) is 0 Å². The van der Waals surface area contributed by atoms with Gasteiger partial charge in [-0.05, 0) is 51.1 Å². The monoisotopic (exact) mass is 381 g/mol. The van der Waals surface area contributed by atoms with Crippen molar-refractivity contribution in [3.63, 3.8) is 0 Å². The SMILES string of the molecule is C[C@H](C(=O)Nc1cccc(S(=O)(=O)N2CCOCC2)c1)N1CCCCC1. The minimum atomic E-state index is -3.57. The number of piperidine rings is 1. The van der Waals surface area contributed by atoms with E-state index in [1.807, 2.05) is 6.92 Å². The van der Waals surface area contributed by atoms with Gasteiger partial charge < -0.3 is 10.1 Å². The first-order valence-electron chi connectivity index (χ1n) is 9.21. The lowest BCUT2D eigenvalue weighted by Gasteiger charge is -2.31. The van der Waals surface area contributed by atoms with E-state index in [9.17, 15) is 13.2 Å². The molecule has 0 aromatic heterocycles. The number of rotatable bonds is 5. The molecule has 0 aliphatic carbocycles. The fraction of sp³-hybridized carbons (Fsp3) is 0.611. The Morgan fingerprint density at radius 3 is 2.50 bits per heavy atom. The van der Waals surface area contributed by atoms with Crippen LogP contribution < -0.4 is 5.32 Å². The topological polar surface area (TPSA) is 79.0 Å². The third-order valence-corrected chi connectivity index (χ3v) is 6.92. The van der Waals surface area contributed by atoms with Crippen LogP contribution in [0, 0.1) is 0 Å². The largest absolute Gasteiger partial charge is 0.379 e. The molecule has 8 heteroatoms. The number of carbonyl (C=O) groups excluding carboxylic acids is 1. The maximum Gasteiger partial charge on any atom is 0.243 e.